The predicted octanol–water partition coefficient (Wildman–Crippen LogP) is 2.29. The van der Waals surface area contributed by atoms with Crippen molar-refractivity contribution >= 4 is 0 Å². The molecule has 0 aliphatic heterocycles. The van der Waals surface area contributed by atoms with Gasteiger partial charge in [0.15, 0.2) is 0 Å². The summed E-state index contributed by atoms with van der Waals surface area (Å²) in [6.45, 7) is 7.38. The Morgan fingerprint density at radius 1 is 1.47 bits per heavy atom. The zero-order valence-corrected chi connectivity index (χ0v) is 11.2. The van der Waals surface area contributed by atoms with Crippen LogP contribution in [0.2, 0.25) is 0 Å². The molecule has 2 atom stereocenters. The van der Waals surface area contributed by atoms with Gasteiger partial charge in [-0.05, 0) is 25.5 Å². The Balaban J connectivity index is 1.88. The van der Waals surface area contributed by atoms with Crippen molar-refractivity contribution in [2.45, 2.75) is 45.9 Å². The van der Waals surface area contributed by atoms with Gasteiger partial charge in [0.25, 0.3) is 0 Å². The molecule has 3 heteroatoms. The monoisotopic (exact) mass is 234 g/mol. The summed E-state index contributed by atoms with van der Waals surface area (Å²) in [4.78, 5) is 4.50. The molecule has 1 saturated carbocycles. The molecule has 0 radical (unpaired) electrons. The Labute approximate surface area is 104 Å². The smallest absolute Gasteiger partial charge is 0.0652 e. The molecule has 1 heterocycles. The largest absolute Gasteiger partial charge is 0.381 e. The van der Waals surface area contributed by atoms with Crippen molar-refractivity contribution in [3.8, 4) is 0 Å². The van der Waals surface area contributed by atoms with Crippen LogP contribution in [-0.2, 0) is 11.3 Å². The Bertz CT molecular complexity index is 390. The molecule has 0 spiro atoms. The summed E-state index contributed by atoms with van der Waals surface area (Å²) >= 11 is 0. The number of aromatic nitrogens is 1. The van der Waals surface area contributed by atoms with Crippen LogP contribution in [0.15, 0.2) is 18.2 Å². The third-order valence-corrected chi connectivity index (χ3v) is 3.94. The number of nitrogens with zero attached hydrogens (tertiary/aromatic N) is 1. The Morgan fingerprint density at radius 2 is 2.24 bits per heavy atom. The molecule has 3 nitrogen and oxygen atoms in total. The van der Waals surface area contributed by atoms with Gasteiger partial charge in [0, 0.05) is 30.8 Å². The number of nitrogens with one attached hydrogen (secondary N) is 1. The first-order valence-corrected chi connectivity index (χ1v) is 6.22. The molecule has 1 aliphatic carbocycles. The first kappa shape index (κ1) is 12.5. The molecule has 1 aromatic heterocycles. The van der Waals surface area contributed by atoms with Crippen molar-refractivity contribution in [3.05, 3.63) is 29.6 Å². The van der Waals surface area contributed by atoms with Gasteiger partial charge in [-0.25, -0.2) is 0 Å². The molecular formula is C14H22N2O. The highest BCUT2D eigenvalue weighted by Crippen LogP contribution is 2.42. The summed E-state index contributed by atoms with van der Waals surface area (Å²) in [5, 5.41) is 3.57. The van der Waals surface area contributed by atoms with Gasteiger partial charge in [-0.15, -0.1) is 0 Å². The quantitative estimate of drug-likeness (QED) is 0.868. The lowest BCUT2D eigenvalue weighted by Gasteiger charge is -2.51. The average molecular weight is 234 g/mol. The number of ether oxygens (including phenoxy) is 1. The maximum absolute atomic E-state index is 5.45. The van der Waals surface area contributed by atoms with Crippen molar-refractivity contribution in [3.63, 3.8) is 0 Å². The lowest BCUT2D eigenvalue weighted by molar-refractivity contribution is -0.0979. The van der Waals surface area contributed by atoms with Crippen LogP contribution in [0.5, 0.6) is 0 Å². The van der Waals surface area contributed by atoms with E-state index in [1.807, 2.05) is 13.0 Å². The minimum atomic E-state index is 0.221. The maximum atomic E-state index is 5.45. The second-order valence-electron chi connectivity index (χ2n) is 5.49. The summed E-state index contributed by atoms with van der Waals surface area (Å²) in [6, 6.07) is 6.68. The molecule has 94 valence electrons. The number of rotatable bonds is 4. The third-order valence-electron chi connectivity index (χ3n) is 3.94. The van der Waals surface area contributed by atoms with Crippen molar-refractivity contribution in [2.24, 2.45) is 5.41 Å². The van der Waals surface area contributed by atoms with Crippen LogP contribution in [0, 0.1) is 12.3 Å². The predicted molar refractivity (Wildman–Crippen MR) is 68.8 cm³/mol. The van der Waals surface area contributed by atoms with Crippen molar-refractivity contribution in [2.75, 3.05) is 7.11 Å². The van der Waals surface area contributed by atoms with E-state index in [-0.39, 0.29) is 5.41 Å². The molecule has 1 N–H and O–H groups in total. The lowest BCUT2D eigenvalue weighted by atomic mass is 9.64. The van der Waals surface area contributed by atoms with E-state index in [0.717, 1.165) is 24.4 Å². The van der Waals surface area contributed by atoms with Crippen LogP contribution < -0.4 is 5.32 Å². The fraction of sp³-hybridized carbons (Fsp3) is 0.643. The van der Waals surface area contributed by atoms with Crippen LogP contribution in [-0.4, -0.2) is 24.2 Å². The van der Waals surface area contributed by atoms with Crippen molar-refractivity contribution in [1.29, 1.82) is 0 Å². The van der Waals surface area contributed by atoms with E-state index in [2.05, 4.69) is 36.3 Å². The summed E-state index contributed by atoms with van der Waals surface area (Å²) in [6.07, 6.45) is 1.47. The van der Waals surface area contributed by atoms with Gasteiger partial charge >= 0.3 is 0 Å². The highest BCUT2D eigenvalue weighted by Gasteiger charge is 2.48. The molecule has 0 bridgehead atoms. The molecular weight excluding hydrogens is 212 g/mol. The summed E-state index contributed by atoms with van der Waals surface area (Å²) in [7, 11) is 1.80. The highest BCUT2D eigenvalue weighted by molar-refractivity contribution is 5.11. The molecule has 2 unspecified atom stereocenters. The summed E-state index contributed by atoms with van der Waals surface area (Å²) in [5.74, 6) is 0. The van der Waals surface area contributed by atoms with Gasteiger partial charge in [-0.1, -0.05) is 19.9 Å². The van der Waals surface area contributed by atoms with Crippen molar-refractivity contribution < 1.29 is 4.74 Å². The molecule has 1 aliphatic rings. The molecule has 17 heavy (non-hydrogen) atoms. The minimum Gasteiger partial charge on any atom is -0.381 e. The second kappa shape index (κ2) is 4.75. The van der Waals surface area contributed by atoms with Gasteiger partial charge in [0.2, 0.25) is 0 Å². The average Bonchev–Trinajstić information content (AvgIpc) is 2.28. The van der Waals surface area contributed by atoms with Gasteiger partial charge in [0.1, 0.15) is 0 Å². The molecule has 0 saturated heterocycles. The van der Waals surface area contributed by atoms with Crippen LogP contribution in [0.3, 0.4) is 0 Å². The van der Waals surface area contributed by atoms with Gasteiger partial charge in [0.05, 0.1) is 11.8 Å². The van der Waals surface area contributed by atoms with E-state index in [1.165, 1.54) is 0 Å². The fourth-order valence-electron chi connectivity index (χ4n) is 2.56. The normalized spacial score (nSPS) is 26.6. The van der Waals surface area contributed by atoms with Crippen molar-refractivity contribution in [1.82, 2.24) is 10.3 Å². The van der Waals surface area contributed by atoms with E-state index in [9.17, 15) is 0 Å². The van der Waals surface area contributed by atoms with Gasteiger partial charge < -0.3 is 10.1 Å². The standard InChI is InChI=1S/C14H22N2O/c1-10-6-5-7-11(16-10)9-15-12-8-13(17-4)14(12,2)3/h5-7,12-13,15H,8-9H2,1-4H3. The third kappa shape index (κ3) is 2.50. The number of pyridine rings is 1. The second-order valence-corrected chi connectivity index (χ2v) is 5.49. The molecule has 0 amide bonds. The Morgan fingerprint density at radius 3 is 2.82 bits per heavy atom. The zero-order chi connectivity index (χ0) is 12.5. The molecule has 1 aromatic rings. The van der Waals surface area contributed by atoms with E-state index < -0.39 is 0 Å². The number of methoxy groups -OCH3 is 1. The molecule has 2 rings (SSSR count). The van der Waals surface area contributed by atoms with Crippen LogP contribution in [0.1, 0.15) is 31.7 Å². The fourth-order valence-corrected chi connectivity index (χ4v) is 2.56. The van der Waals surface area contributed by atoms with Gasteiger partial charge in [-0.3, -0.25) is 4.98 Å². The molecule has 1 fully saturated rings. The Kier molecular flexibility index (Phi) is 3.50. The van der Waals surface area contributed by atoms with Crippen LogP contribution in [0.4, 0.5) is 0 Å². The summed E-state index contributed by atoms with van der Waals surface area (Å²) < 4.78 is 5.45. The first-order valence-electron chi connectivity index (χ1n) is 6.22. The van der Waals surface area contributed by atoms with Crippen LogP contribution in [0.25, 0.3) is 0 Å². The van der Waals surface area contributed by atoms with Crippen LogP contribution >= 0.6 is 0 Å². The number of aryl methyl sites for hydroxylation is 1. The Hall–Kier alpha value is -0.930. The van der Waals surface area contributed by atoms with Gasteiger partial charge in [-0.2, -0.15) is 0 Å². The van der Waals surface area contributed by atoms with E-state index in [1.54, 1.807) is 7.11 Å². The first-order chi connectivity index (χ1) is 8.04. The minimum absolute atomic E-state index is 0.221. The topological polar surface area (TPSA) is 34.1 Å². The van der Waals surface area contributed by atoms with E-state index in [4.69, 9.17) is 4.74 Å². The number of hydrogen-bond acceptors (Lipinski definition) is 3. The lowest BCUT2D eigenvalue weighted by Crippen LogP contribution is -2.60. The van der Waals surface area contributed by atoms with E-state index >= 15 is 0 Å². The maximum Gasteiger partial charge on any atom is 0.0652 e. The summed E-state index contributed by atoms with van der Waals surface area (Å²) in [5.41, 5.74) is 2.41. The molecule has 0 aromatic carbocycles. The SMILES string of the molecule is COC1CC(NCc2cccc(C)n2)C1(C)C. The number of hydrogen-bond donors (Lipinski definition) is 1. The highest BCUT2D eigenvalue weighted by atomic mass is 16.5. The van der Waals surface area contributed by atoms with E-state index in [0.29, 0.717) is 12.1 Å². The zero-order valence-electron chi connectivity index (χ0n) is 11.2.